The lowest BCUT2D eigenvalue weighted by atomic mass is 10.2. The Morgan fingerprint density at radius 3 is 2.90 bits per heavy atom. The van der Waals surface area contributed by atoms with Crippen LogP contribution in [0.5, 0.6) is 5.75 Å². The first-order valence-corrected chi connectivity index (χ1v) is 6.83. The van der Waals surface area contributed by atoms with Crippen LogP contribution in [0.2, 0.25) is 5.02 Å². The summed E-state index contributed by atoms with van der Waals surface area (Å²) in [7, 11) is 0. The maximum Gasteiger partial charge on any atom is 0.138 e. The summed E-state index contributed by atoms with van der Waals surface area (Å²) in [6.07, 6.45) is 2.76. The number of pyridine rings is 1. The Bertz CT molecular complexity index is 578. The van der Waals surface area contributed by atoms with E-state index in [9.17, 15) is 4.39 Å². The lowest BCUT2D eigenvalue weighted by Crippen LogP contribution is -2.03. The molecule has 2 rings (SSSR count). The maximum atomic E-state index is 12.9. The molecular formula is C15H16ClFN2O. The fraction of sp³-hybridized carbons (Fsp3) is 0.267. The van der Waals surface area contributed by atoms with Crippen molar-refractivity contribution in [3.05, 3.63) is 52.9 Å². The molecule has 0 spiro atoms. The monoisotopic (exact) mass is 294 g/mol. The molecule has 5 heteroatoms. The number of rotatable bonds is 6. The first kappa shape index (κ1) is 14.6. The molecule has 106 valence electrons. The van der Waals surface area contributed by atoms with Crippen molar-refractivity contribution in [3.63, 3.8) is 0 Å². The molecule has 0 saturated heterocycles. The van der Waals surface area contributed by atoms with E-state index >= 15 is 0 Å². The molecule has 0 saturated carbocycles. The van der Waals surface area contributed by atoms with Gasteiger partial charge in [0.1, 0.15) is 24.0 Å². The van der Waals surface area contributed by atoms with E-state index < -0.39 is 0 Å². The van der Waals surface area contributed by atoms with E-state index in [4.69, 9.17) is 16.3 Å². The minimum absolute atomic E-state index is 0.267. The molecule has 0 radical (unpaired) electrons. The average molecular weight is 295 g/mol. The molecule has 1 N–H and O–H groups in total. The fourth-order valence-electron chi connectivity index (χ4n) is 1.67. The van der Waals surface area contributed by atoms with Crippen LogP contribution in [0.1, 0.15) is 18.9 Å². The quantitative estimate of drug-likeness (QED) is 0.863. The molecule has 0 unspecified atom stereocenters. The van der Waals surface area contributed by atoms with Crippen LogP contribution in [0, 0.1) is 5.82 Å². The molecule has 1 aromatic heterocycles. The van der Waals surface area contributed by atoms with Gasteiger partial charge in [-0.15, -0.1) is 0 Å². The van der Waals surface area contributed by atoms with Crippen molar-refractivity contribution >= 4 is 17.4 Å². The van der Waals surface area contributed by atoms with Gasteiger partial charge in [-0.25, -0.2) is 9.37 Å². The lowest BCUT2D eigenvalue weighted by Gasteiger charge is -2.09. The Labute approximate surface area is 122 Å². The van der Waals surface area contributed by atoms with Gasteiger partial charge >= 0.3 is 0 Å². The van der Waals surface area contributed by atoms with Crippen molar-refractivity contribution in [1.29, 1.82) is 0 Å². The number of nitrogens with zero attached hydrogens (tertiary/aromatic N) is 1. The highest BCUT2D eigenvalue weighted by molar-refractivity contribution is 6.32. The van der Waals surface area contributed by atoms with Gasteiger partial charge in [-0.2, -0.15) is 0 Å². The van der Waals surface area contributed by atoms with Crippen molar-refractivity contribution in [2.75, 3.05) is 11.9 Å². The number of halogens is 2. The number of aromatic nitrogens is 1. The van der Waals surface area contributed by atoms with Gasteiger partial charge in [0.25, 0.3) is 0 Å². The highest BCUT2D eigenvalue weighted by Crippen LogP contribution is 2.25. The predicted molar refractivity (Wildman–Crippen MR) is 78.8 cm³/mol. The summed E-state index contributed by atoms with van der Waals surface area (Å²) in [6.45, 7) is 3.33. The van der Waals surface area contributed by atoms with E-state index in [0.717, 1.165) is 24.3 Å². The molecular weight excluding hydrogens is 279 g/mol. The maximum absolute atomic E-state index is 12.9. The van der Waals surface area contributed by atoms with Crippen LogP contribution in [-0.2, 0) is 6.61 Å². The number of ether oxygens (including phenoxy) is 1. The number of benzene rings is 1. The molecule has 0 amide bonds. The third-order valence-corrected chi connectivity index (χ3v) is 2.96. The molecule has 0 atom stereocenters. The summed E-state index contributed by atoms with van der Waals surface area (Å²) in [5.41, 5.74) is 0.971. The Balaban J connectivity index is 1.99. The molecule has 1 heterocycles. The van der Waals surface area contributed by atoms with Gasteiger partial charge in [-0.3, -0.25) is 0 Å². The van der Waals surface area contributed by atoms with Crippen LogP contribution in [0.25, 0.3) is 0 Å². The van der Waals surface area contributed by atoms with Crippen LogP contribution in [0.4, 0.5) is 10.2 Å². The Hall–Kier alpha value is -1.81. The van der Waals surface area contributed by atoms with Crippen LogP contribution in [0.15, 0.2) is 36.5 Å². The third kappa shape index (κ3) is 4.10. The predicted octanol–water partition coefficient (Wildman–Crippen LogP) is 4.28. The number of nitrogens with one attached hydrogen (secondary N) is 1. The Kier molecular flexibility index (Phi) is 5.18. The van der Waals surface area contributed by atoms with Crippen molar-refractivity contribution in [1.82, 2.24) is 4.98 Å². The van der Waals surface area contributed by atoms with E-state index in [-0.39, 0.29) is 10.8 Å². The van der Waals surface area contributed by atoms with E-state index in [1.165, 1.54) is 18.2 Å². The van der Waals surface area contributed by atoms with Crippen molar-refractivity contribution < 1.29 is 9.13 Å². The topological polar surface area (TPSA) is 34.1 Å². The molecule has 20 heavy (non-hydrogen) atoms. The van der Waals surface area contributed by atoms with Crippen LogP contribution < -0.4 is 10.1 Å². The van der Waals surface area contributed by atoms with E-state index in [0.29, 0.717) is 12.4 Å². The molecule has 0 aliphatic carbocycles. The summed E-state index contributed by atoms with van der Waals surface area (Å²) >= 11 is 5.91. The molecule has 2 aromatic rings. The highest BCUT2D eigenvalue weighted by atomic mass is 35.5. The second kappa shape index (κ2) is 7.10. The largest absolute Gasteiger partial charge is 0.487 e. The standard InChI is InChI=1S/C15H16ClFN2O/c1-2-6-18-15-8-11(5-7-19-15)10-20-14-4-3-12(17)9-13(14)16/h3-5,7-9H,2,6,10H2,1H3,(H,18,19). The fourth-order valence-corrected chi connectivity index (χ4v) is 1.89. The Morgan fingerprint density at radius 1 is 1.30 bits per heavy atom. The van der Waals surface area contributed by atoms with Crippen LogP contribution >= 0.6 is 11.6 Å². The number of hydrogen-bond acceptors (Lipinski definition) is 3. The Morgan fingerprint density at radius 2 is 2.15 bits per heavy atom. The molecule has 0 aliphatic rings. The first-order valence-electron chi connectivity index (χ1n) is 6.45. The van der Waals surface area contributed by atoms with Gasteiger partial charge in [0, 0.05) is 12.7 Å². The summed E-state index contributed by atoms with van der Waals surface area (Å²) in [5.74, 6) is 0.906. The molecule has 3 nitrogen and oxygen atoms in total. The second-order valence-electron chi connectivity index (χ2n) is 4.34. The summed E-state index contributed by atoms with van der Waals surface area (Å²) in [4.78, 5) is 4.22. The third-order valence-electron chi connectivity index (χ3n) is 2.67. The van der Waals surface area contributed by atoms with Crippen molar-refractivity contribution in [2.45, 2.75) is 20.0 Å². The van der Waals surface area contributed by atoms with E-state index in [1.54, 1.807) is 6.20 Å². The van der Waals surface area contributed by atoms with Crippen molar-refractivity contribution in [2.24, 2.45) is 0 Å². The van der Waals surface area contributed by atoms with Gasteiger partial charge in [0.2, 0.25) is 0 Å². The normalized spacial score (nSPS) is 10.3. The summed E-state index contributed by atoms with van der Waals surface area (Å²) < 4.78 is 18.5. The SMILES string of the molecule is CCCNc1cc(COc2ccc(F)cc2Cl)ccn1. The zero-order chi connectivity index (χ0) is 14.4. The van der Waals surface area contributed by atoms with Gasteiger partial charge in [0.15, 0.2) is 0 Å². The zero-order valence-electron chi connectivity index (χ0n) is 11.2. The lowest BCUT2D eigenvalue weighted by molar-refractivity contribution is 0.306. The van der Waals surface area contributed by atoms with Gasteiger partial charge < -0.3 is 10.1 Å². The number of anilines is 1. The van der Waals surface area contributed by atoms with Crippen LogP contribution in [-0.4, -0.2) is 11.5 Å². The molecule has 0 bridgehead atoms. The average Bonchev–Trinajstić information content (AvgIpc) is 2.45. The van der Waals surface area contributed by atoms with Gasteiger partial charge in [-0.05, 0) is 42.3 Å². The van der Waals surface area contributed by atoms with E-state index in [1.807, 2.05) is 12.1 Å². The summed E-state index contributed by atoms with van der Waals surface area (Å²) in [6, 6.07) is 7.87. The second-order valence-corrected chi connectivity index (χ2v) is 4.75. The molecule has 0 fully saturated rings. The minimum Gasteiger partial charge on any atom is -0.487 e. The van der Waals surface area contributed by atoms with Gasteiger partial charge in [0.05, 0.1) is 5.02 Å². The molecule has 0 aliphatic heterocycles. The zero-order valence-corrected chi connectivity index (χ0v) is 12.0. The van der Waals surface area contributed by atoms with E-state index in [2.05, 4.69) is 17.2 Å². The first-order chi connectivity index (χ1) is 9.69. The molecule has 1 aromatic carbocycles. The number of hydrogen-bond donors (Lipinski definition) is 1. The van der Waals surface area contributed by atoms with Crippen LogP contribution in [0.3, 0.4) is 0 Å². The minimum atomic E-state index is -0.377. The highest BCUT2D eigenvalue weighted by Gasteiger charge is 2.04. The van der Waals surface area contributed by atoms with Gasteiger partial charge in [-0.1, -0.05) is 18.5 Å². The van der Waals surface area contributed by atoms with Crippen molar-refractivity contribution in [3.8, 4) is 5.75 Å². The summed E-state index contributed by atoms with van der Waals surface area (Å²) in [5, 5.41) is 3.48. The smallest absolute Gasteiger partial charge is 0.138 e.